The smallest absolute Gasteiger partial charge is 0.158 e. The van der Waals surface area contributed by atoms with Gasteiger partial charge in [-0.2, -0.15) is 0 Å². The standard InChI is InChI=1S/C15H16ClNO3S/c1-20-15-7-6-11(8-14(15)17)9-21(18,19)10-12-4-2-3-5-13(12)16/h2-8H,9-10,17H2,1H3. The second-order valence-corrected chi connectivity index (χ2v) is 7.17. The lowest BCUT2D eigenvalue weighted by molar-refractivity contribution is 0.417. The maximum Gasteiger partial charge on any atom is 0.158 e. The highest BCUT2D eigenvalue weighted by Gasteiger charge is 2.15. The monoisotopic (exact) mass is 325 g/mol. The number of methoxy groups -OCH3 is 1. The summed E-state index contributed by atoms with van der Waals surface area (Å²) in [4.78, 5) is 0. The van der Waals surface area contributed by atoms with Crippen molar-refractivity contribution in [3.8, 4) is 5.75 Å². The molecule has 0 amide bonds. The minimum absolute atomic E-state index is 0.0909. The molecule has 0 aromatic heterocycles. The van der Waals surface area contributed by atoms with E-state index in [0.717, 1.165) is 0 Å². The number of anilines is 1. The van der Waals surface area contributed by atoms with E-state index in [1.165, 1.54) is 7.11 Å². The summed E-state index contributed by atoms with van der Waals surface area (Å²) in [5.74, 6) is 0.340. The highest BCUT2D eigenvalue weighted by Crippen LogP contribution is 2.24. The predicted octanol–water partition coefficient (Wildman–Crippen LogP) is 3.05. The van der Waals surface area contributed by atoms with Gasteiger partial charge in [-0.3, -0.25) is 0 Å². The van der Waals surface area contributed by atoms with E-state index in [9.17, 15) is 8.42 Å². The van der Waals surface area contributed by atoms with Crippen molar-refractivity contribution >= 4 is 27.1 Å². The average molecular weight is 326 g/mol. The Balaban J connectivity index is 2.18. The highest BCUT2D eigenvalue weighted by atomic mass is 35.5. The van der Waals surface area contributed by atoms with Crippen molar-refractivity contribution in [1.82, 2.24) is 0 Å². The van der Waals surface area contributed by atoms with Crippen LogP contribution in [0.15, 0.2) is 42.5 Å². The summed E-state index contributed by atoms with van der Waals surface area (Å²) >= 11 is 6.00. The Hall–Kier alpha value is -1.72. The molecule has 0 heterocycles. The largest absolute Gasteiger partial charge is 0.495 e. The Kier molecular flexibility index (Phi) is 4.75. The van der Waals surface area contributed by atoms with E-state index in [0.29, 0.717) is 27.6 Å². The summed E-state index contributed by atoms with van der Waals surface area (Å²) in [5, 5.41) is 0.454. The van der Waals surface area contributed by atoms with Crippen LogP contribution in [0.4, 0.5) is 5.69 Å². The summed E-state index contributed by atoms with van der Waals surface area (Å²) in [6.45, 7) is 0. The zero-order valence-corrected chi connectivity index (χ0v) is 13.1. The van der Waals surface area contributed by atoms with Crippen LogP contribution in [0.5, 0.6) is 5.75 Å². The van der Waals surface area contributed by atoms with Crippen molar-refractivity contribution in [3.63, 3.8) is 0 Å². The van der Waals surface area contributed by atoms with Crippen LogP contribution in [0.25, 0.3) is 0 Å². The van der Waals surface area contributed by atoms with Crippen LogP contribution in [0.3, 0.4) is 0 Å². The molecule has 0 unspecified atom stereocenters. The molecule has 0 spiro atoms. The van der Waals surface area contributed by atoms with E-state index < -0.39 is 9.84 Å². The summed E-state index contributed by atoms with van der Waals surface area (Å²) in [7, 11) is -1.81. The van der Waals surface area contributed by atoms with Crippen LogP contribution in [-0.2, 0) is 21.3 Å². The number of hydrogen-bond donors (Lipinski definition) is 1. The van der Waals surface area contributed by atoms with E-state index in [-0.39, 0.29) is 11.5 Å². The summed E-state index contributed by atoms with van der Waals surface area (Å²) in [6.07, 6.45) is 0. The first-order chi connectivity index (χ1) is 9.91. The molecule has 0 atom stereocenters. The van der Waals surface area contributed by atoms with Crippen molar-refractivity contribution in [2.24, 2.45) is 0 Å². The number of sulfone groups is 1. The fourth-order valence-electron chi connectivity index (χ4n) is 2.03. The molecule has 112 valence electrons. The van der Waals surface area contributed by atoms with Crippen LogP contribution in [0.2, 0.25) is 5.02 Å². The Morgan fingerprint density at radius 3 is 2.48 bits per heavy atom. The van der Waals surface area contributed by atoms with Crippen LogP contribution in [0.1, 0.15) is 11.1 Å². The van der Waals surface area contributed by atoms with Crippen molar-refractivity contribution < 1.29 is 13.2 Å². The molecule has 2 aromatic carbocycles. The maximum absolute atomic E-state index is 12.3. The lowest BCUT2D eigenvalue weighted by Crippen LogP contribution is -2.08. The van der Waals surface area contributed by atoms with Gasteiger partial charge in [-0.25, -0.2) is 8.42 Å². The molecule has 2 rings (SSSR count). The predicted molar refractivity (Wildman–Crippen MR) is 85.2 cm³/mol. The average Bonchev–Trinajstić information content (AvgIpc) is 2.41. The van der Waals surface area contributed by atoms with E-state index in [1.54, 1.807) is 42.5 Å². The Bertz CT molecular complexity index is 744. The van der Waals surface area contributed by atoms with Crippen molar-refractivity contribution in [2.45, 2.75) is 11.5 Å². The Labute approximate surface area is 129 Å². The lowest BCUT2D eigenvalue weighted by atomic mass is 10.2. The summed E-state index contributed by atoms with van der Waals surface area (Å²) in [5.41, 5.74) is 7.43. The highest BCUT2D eigenvalue weighted by molar-refractivity contribution is 7.89. The van der Waals surface area contributed by atoms with Gasteiger partial charge in [0.1, 0.15) is 5.75 Å². The minimum atomic E-state index is -3.33. The van der Waals surface area contributed by atoms with Gasteiger partial charge < -0.3 is 10.5 Å². The molecule has 0 fully saturated rings. The number of rotatable bonds is 5. The normalized spacial score (nSPS) is 11.3. The topological polar surface area (TPSA) is 69.4 Å². The van der Waals surface area contributed by atoms with Crippen molar-refractivity contribution in [2.75, 3.05) is 12.8 Å². The molecular weight excluding hydrogens is 310 g/mol. The van der Waals surface area contributed by atoms with E-state index >= 15 is 0 Å². The lowest BCUT2D eigenvalue weighted by Gasteiger charge is -2.09. The molecule has 4 nitrogen and oxygen atoms in total. The Morgan fingerprint density at radius 2 is 1.86 bits per heavy atom. The molecule has 0 saturated heterocycles. The number of benzene rings is 2. The maximum atomic E-state index is 12.3. The van der Waals surface area contributed by atoms with Gasteiger partial charge in [0.15, 0.2) is 9.84 Å². The minimum Gasteiger partial charge on any atom is -0.495 e. The summed E-state index contributed by atoms with van der Waals surface area (Å²) < 4.78 is 29.6. The molecule has 2 N–H and O–H groups in total. The quantitative estimate of drug-likeness (QED) is 0.858. The molecule has 6 heteroatoms. The van der Waals surface area contributed by atoms with Crippen LogP contribution in [-0.4, -0.2) is 15.5 Å². The first-order valence-corrected chi connectivity index (χ1v) is 8.47. The number of nitrogens with two attached hydrogens (primary N) is 1. The van der Waals surface area contributed by atoms with Gasteiger partial charge in [0.2, 0.25) is 0 Å². The third kappa shape index (κ3) is 4.12. The molecule has 0 aliphatic carbocycles. The molecular formula is C15H16ClNO3S. The van der Waals surface area contributed by atoms with Crippen molar-refractivity contribution in [3.05, 3.63) is 58.6 Å². The number of hydrogen-bond acceptors (Lipinski definition) is 4. The van der Waals surface area contributed by atoms with Gasteiger partial charge in [-0.05, 0) is 29.3 Å². The zero-order valence-electron chi connectivity index (χ0n) is 11.5. The Morgan fingerprint density at radius 1 is 1.14 bits per heavy atom. The molecule has 0 bridgehead atoms. The van der Waals surface area contributed by atoms with Gasteiger partial charge in [0.05, 0.1) is 24.3 Å². The van der Waals surface area contributed by atoms with Gasteiger partial charge in [-0.15, -0.1) is 0 Å². The van der Waals surface area contributed by atoms with Gasteiger partial charge in [-0.1, -0.05) is 35.9 Å². The van der Waals surface area contributed by atoms with Gasteiger partial charge in [0, 0.05) is 5.02 Å². The zero-order chi connectivity index (χ0) is 15.5. The summed E-state index contributed by atoms with van der Waals surface area (Å²) in [6, 6.07) is 11.9. The molecule has 0 aliphatic rings. The second-order valence-electron chi connectivity index (χ2n) is 4.70. The molecule has 0 saturated carbocycles. The fourth-order valence-corrected chi connectivity index (χ4v) is 3.83. The van der Waals surface area contributed by atoms with Crippen molar-refractivity contribution in [1.29, 1.82) is 0 Å². The van der Waals surface area contributed by atoms with Crippen LogP contribution < -0.4 is 10.5 Å². The molecule has 0 radical (unpaired) electrons. The molecule has 2 aromatic rings. The third-order valence-electron chi connectivity index (χ3n) is 3.01. The van der Waals surface area contributed by atoms with Crippen LogP contribution >= 0.6 is 11.6 Å². The van der Waals surface area contributed by atoms with E-state index in [1.807, 2.05) is 0 Å². The van der Waals surface area contributed by atoms with Gasteiger partial charge in [0.25, 0.3) is 0 Å². The third-order valence-corrected chi connectivity index (χ3v) is 4.91. The first-order valence-electron chi connectivity index (χ1n) is 6.27. The first kappa shape index (κ1) is 15.7. The van der Waals surface area contributed by atoms with E-state index in [4.69, 9.17) is 22.1 Å². The number of ether oxygens (including phenoxy) is 1. The SMILES string of the molecule is COc1ccc(CS(=O)(=O)Cc2ccccc2Cl)cc1N. The van der Waals surface area contributed by atoms with Crippen LogP contribution in [0, 0.1) is 0 Å². The molecule has 21 heavy (non-hydrogen) atoms. The fraction of sp³-hybridized carbons (Fsp3) is 0.200. The number of nitrogen functional groups attached to an aromatic ring is 1. The van der Waals surface area contributed by atoms with Gasteiger partial charge >= 0.3 is 0 Å². The molecule has 0 aliphatic heterocycles. The second kappa shape index (κ2) is 6.37. The number of halogens is 1. The van der Waals surface area contributed by atoms with E-state index in [2.05, 4.69) is 0 Å².